The Morgan fingerprint density at radius 1 is 0.906 bits per heavy atom. The smallest absolute Gasteiger partial charge is 0.374 e. The summed E-state index contributed by atoms with van der Waals surface area (Å²) in [5, 5.41) is 23.3. The van der Waals surface area contributed by atoms with Crippen LogP contribution in [0.15, 0.2) is 65.5 Å². The summed E-state index contributed by atoms with van der Waals surface area (Å²) in [4.78, 5) is 33.4. The number of nitro benzene ring substituents is 1. The number of nitrogens with zero attached hydrogens (tertiary/aromatic N) is 5. The molecule has 2 aromatic heterocycles. The summed E-state index contributed by atoms with van der Waals surface area (Å²) >= 11 is 3.44. The number of nitrogens with one attached hydrogen (secondary N) is 2. The van der Waals surface area contributed by atoms with Gasteiger partial charge in [-0.2, -0.15) is 4.98 Å². The second kappa shape index (κ2) is 8.77. The first-order chi connectivity index (χ1) is 15.4. The normalized spacial score (nSPS) is 10.5. The second-order valence-corrected chi connectivity index (χ2v) is 7.09. The molecule has 0 saturated carbocycles. The Kier molecular flexibility index (Phi) is 5.72. The molecule has 0 radical (unpaired) electrons. The molecule has 0 atom stereocenters. The lowest BCUT2D eigenvalue weighted by atomic mass is 10.2. The third kappa shape index (κ3) is 4.22. The molecule has 4 rings (SSSR count). The zero-order valence-corrected chi connectivity index (χ0v) is 17.5. The van der Waals surface area contributed by atoms with Crippen molar-refractivity contribution in [2.24, 2.45) is 0 Å². The summed E-state index contributed by atoms with van der Waals surface area (Å²) in [6.07, 6.45) is 2.69. The van der Waals surface area contributed by atoms with Crippen LogP contribution in [-0.2, 0) is 0 Å². The lowest BCUT2D eigenvalue weighted by Gasteiger charge is -2.12. The van der Waals surface area contributed by atoms with E-state index in [-0.39, 0.29) is 23.1 Å². The Morgan fingerprint density at radius 3 is 2.41 bits per heavy atom. The van der Waals surface area contributed by atoms with Gasteiger partial charge in [0.25, 0.3) is 5.69 Å². The van der Waals surface area contributed by atoms with Crippen LogP contribution in [0.2, 0.25) is 0 Å². The van der Waals surface area contributed by atoms with Crippen LogP contribution in [0, 0.1) is 20.2 Å². The molecule has 0 fully saturated rings. The van der Waals surface area contributed by atoms with Crippen molar-refractivity contribution in [3.63, 3.8) is 0 Å². The summed E-state index contributed by atoms with van der Waals surface area (Å²) in [5.74, 6) is -0.167. The SMILES string of the molecule is O=[N+]([O-])c1ccc(NNc2ncnc(Oc3ccc(Br)c4cccnc34)c2[N+](=O)[O-])cc1. The first-order valence-electron chi connectivity index (χ1n) is 8.91. The zero-order chi connectivity index (χ0) is 22.7. The average molecular weight is 498 g/mol. The summed E-state index contributed by atoms with van der Waals surface area (Å²) in [7, 11) is 0. The second-order valence-electron chi connectivity index (χ2n) is 6.23. The van der Waals surface area contributed by atoms with Gasteiger partial charge in [0, 0.05) is 28.2 Å². The molecule has 0 aliphatic heterocycles. The maximum Gasteiger partial charge on any atom is 0.374 e. The van der Waals surface area contributed by atoms with E-state index >= 15 is 0 Å². The highest BCUT2D eigenvalue weighted by Gasteiger charge is 2.26. The van der Waals surface area contributed by atoms with Crippen molar-refractivity contribution in [2.75, 3.05) is 10.9 Å². The predicted octanol–water partition coefficient (Wildman–Crippen LogP) is 4.84. The molecule has 0 amide bonds. The molecule has 2 heterocycles. The molecular weight excluding hydrogens is 486 g/mol. The molecule has 0 bridgehead atoms. The number of rotatable bonds is 7. The molecular formula is C19H12BrN7O5. The van der Waals surface area contributed by atoms with Crippen LogP contribution in [0.3, 0.4) is 0 Å². The molecule has 2 aromatic carbocycles. The van der Waals surface area contributed by atoms with Crippen LogP contribution < -0.4 is 15.6 Å². The Hall–Kier alpha value is -4.39. The predicted molar refractivity (Wildman–Crippen MR) is 119 cm³/mol. The van der Waals surface area contributed by atoms with Crippen LogP contribution in [0.4, 0.5) is 22.9 Å². The van der Waals surface area contributed by atoms with E-state index < -0.39 is 15.5 Å². The van der Waals surface area contributed by atoms with Crippen LogP contribution in [0.25, 0.3) is 10.9 Å². The Balaban J connectivity index is 1.64. The molecule has 0 spiro atoms. The highest BCUT2D eigenvalue weighted by Crippen LogP contribution is 2.37. The van der Waals surface area contributed by atoms with E-state index in [2.05, 4.69) is 41.7 Å². The van der Waals surface area contributed by atoms with Gasteiger partial charge in [0.05, 0.1) is 15.5 Å². The van der Waals surface area contributed by atoms with E-state index in [4.69, 9.17) is 4.74 Å². The fourth-order valence-electron chi connectivity index (χ4n) is 2.79. The number of halogens is 1. The molecule has 0 aliphatic carbocycles. The van der Waals surface area contributed by atoms with Crippen molar-refractivity contribution in [1.82, 2.24) is 15.0 Å². The van der Waals surface area contributed by atoms with Crippen LogP contribution in [0.5, 0.6) is 11.6 Å². The highest BCUT2D eigenvalue weighted by molar-refractivity contribution is 9.10. The number of nitro groups is 2. The Labute approximate surface area is 187 Å². The Morgan fingerprint density at radius 2 is 1.69 bits per heavy atom. The first kappa shape index (κ1) is 20.9. The summed E-state index contributed by atoms with van der Waals surface area (Å²) in [6.45, 7) is 0. The van der Waals surface area contributed by atoms with Gasteiger partial charge in [0.2, 0.25) is 5.82 Å². The van der Waals surface area contributed by atoms with Crippen molar-refractivity contribution in [1.29, 1.82) is 0 Å². The lowest BCUT2D eigenvalue weighted by molar-refractivity contribution is -0.385. The molecule has 160 valence electrons. The van der Waals surface area contributed by atoms with E-state index in [1.54, 1.807) is 24.4 Å². The number of pyridine rings is 1. The van der Waals surface area contributed by atoms with Gasteiger partial charge in [0.1, 0.15) is 11.8 Å². The number of non-ortho nitro benzene ring substituents is 1. The average Bonchev–Trinajstić information content (AvgIpc) is 2.80. The van der Waals surface area contributed by atoms with E-state index in [0.717, 1.165) is 16.2 Å². The number of benzene rings is 2. The van der Waals surface area contributed by atoms with Gasteiger partial charge in [-0.25, -0.2) is 4.98 Å². The molecule has 32 heavy (non-hydrogen) atoms. The van der Waals surface area contributed by atoms with Gasteiger partial charge in [-0.3, -0.25) is 36.1 Å². The molecule has 0 unspecified atom stereocenters. The van der Waals surface area contributed by atoms with Crippen molar-refractivity contribution < 1.29 is 14.6 Å². The van der Waals surface area contributed by atoms with E-state index in [1.807, 2.05) is 6.07 Å². The number of anilines is 2. The first-order valence-corrected chi connectivity index (χ1v) is 9.70. The number of hydrogen-bond donors (Lipinski definition) is 2. The van der Waals surface area contributed by atoms with Crippen molar-refractivity contribution in [2.45, 2.75) is 0 Å². The molecule has 2 N–H and O–H groups in total. The molecule has 0 saturated heterocycles. The number of fused-ring (bicyclic) bond motifs is 1. The lowest BCUT2D eigenvalue weighted by Crippen LogP contribution is -2.13. The third-order valence-corrected chi connectivity index (χ3v) is 4.95. The minimum absolute atomic E-state index is 0.0883. The van der Waals surface area contributed by atoms with E-state index in [1.165, 1.54) is 24.3 Å². The minimum Gasteiger partial charge on any atom is -0.431 e. The Bertz CT molecular complexity index is 1330. The number of ether oxygens (including phenoxy) is 1. The third-order valence-electron chi connectivity index (χ3n) is 4.26. The quantitative estimate of drug-likeness (QED) is 0.267. The maximum absolute atomic E-state index is 11.8. The number of aromatic nitrogens is 3. The zero-order valence-electron chi connectivity index (χ0n) is 15.9. The van der Waals surface area contributed by atoms with Crippen molar-refractivity contribution >= 4 is 49.7 Å². The molecule has 13 heteroatoms. The van der Waals surface area contributed by atoms with Gasteiger partial charge < -0.3 is 4.74 Å². The fourth-order valence-corrected chi connectivity index (χ4v) is 3.24. The molecule has 12 nitrogen and oxygen atoms in total. The summed E-state index contributed by atoms with van der Waals surface area (Å²) in [5.41, 5.74) is 5.65. The number of hydrazine groups is 1. The van der Waals surface area contributed by atoms with Gasteiger partial charge in [0.15, 0.2) is 5.75 Å². The molecule has 4 aromatic rings. The van der Waals surface area contributed by atoms with Gasteiger partial charge >= 0.3 is 11.6 Å². The van der Waals surface area contributed by atoms with E-state index in [0.29, 0.717) is 11.2 Å². The topological polar surface area (TPSA) is 158 Å². The van der Waals surface area contributed by atoms with Gasteiger partial charge in [-0.1, -0.05) is 22.0 Å². The van der Waals surface area contributed by atoms with E-state index in [9.17, 15) is 20.2 Å². The largest absolute Gasteiger partial charge is 0.431 e. The molecule has 0 aliphatic rings. The van der Waals surface area contributed by atoms with Gasteiger partial charge in [-0.15, -0.1) is 0 Å². The van der Waals surface area contributed by atoms with Gasteiger partial charge in [-0.05, 0) is 30.3 Å². The summed E-state index contributed by atoms with van der Waals surface area (Å²) < 4.78 is 6.55. The van der Waals surface area contributed by atoms with Crippen molar-refractivity contribution in [3.05, 3.63) is 85.8 Å². The number of hydrogen-bond acceptors (Lipinski definition) is 10. The monoisotopic (exact) mass is 497 g/mol. The maximum atomic E-state index is 11.8. The highest BCUT2D eigenvalue weighted by atomic mass is 79.9. The fraction of sp³-hybridized carbons (Fsp3) is 0. The van der Waals surface area contributed by atoms with Crippen LogP contribution in [0.1, 0.15) is 0 Å². The van der Waals surface area contributed by atoms with Crippen LogP contribution in [-0.4, -0.2) is 24.8 Å². The van der Waals surface area contributed by atoms with Crippen molar-refractivity contribution in [3.8, 4) is 11.6 Å². The summed E-state index contributed by atoms with van der Waals surface area (Å²) in [6, 6.07) is 12.4. The standard InChI is InChI=1S/C19H12BrN7O5/c20-14-7-8-15(16-13(14)2-1-9-21-16)32-19-17(27(30)31)18(22-10-23-19)25-24-11-3-5-12(6-4-11)26(28)29/h1-10,24H,(H,22,23,25). The minimum atomic E-state index is -0.677. The van der Waals surface area contributed by atoms with Crippen LogP contribution >= 0.6 is 15.9 Å².